The van der Waals surface area contributed by atoms with Crippen molar-refractivity contribution in [3.8, 4) is 46.0 Å². The highest BCUT2D eigenvalue weighted by Gasteiger charge is 2.41. The Morgan fingerprint density at radius 2 is 0.862 bits per heavy atom. The Morgan fingerprint density at radius 3 is 1.31 bits per heavy atom. The lowest BCUT2D eigenvalue weighted by Crippen LogP contribution is -2.53. The van der Waals surface area contributed by atoms with Gasteiger partial charge in [-0.1, -0.05) is 31.4 Å². The van der Waals surface area contributed by atoms with Gasteiger partial charge in [0.15, 0.2) is 46.0 Å². The number of unbranched alkanes of at least 4 members (excludes halogenated alkanes) is 5. The van der Waals surface area contributed by atoms with E-state index in [4.69, 9.17) is 42.6 Å². The van der Waals surface area contributed by atoms with Gasteiger partial charge in [0.05, 0.1) is 110 Å². The Kier molecular flexibility index (Phi) is 17.2. The topological polar surface area (TPSA) is 100 Å². The van der Waals surface area contributed by atoms with Gasteiger partial charge < -0.3 is 51.6 Å². The summed E-state index contributed by atoms with van der Waals surface area (Å²) in [5.41, 5.74) is 7.47. The predicted molar refractivity (Wildman–Crippen MR) is 254 cm³/mol. The minimum atomic E-state index is -0.133. The first kappa shape index (κ1) is 49.1. The smallest absolute Gasteiger partial charge is 0.311 e. The second-order valence-electron chi connectivity index (χ2n) is 18.1. The maximum absolute atomic E-state index is 13.3. The Balaban J connectivity index is 0.994. The highest BCUT2D eigenvalue weighted by molar-refractivity contribution is 5.69. The first-order valence-electron chi connectivity index (χ1n) is 23.2. The highest BCUT2D eigenvalue weighted by atomic mass is 16.5. The second-order valence-corrected chi connectivity index (χ2v) is 18.1. The lowest BCUT2D eigenvalue weighted by Gasteiger charge is -2.46. The first-order chi connectivity index (χ1) is 31.5. The molecule has 2 heterocycles. The van der Waals surface area contributed by atoms with E-state index >= 15 is 0 Å². The van der Waals surface area contributed by atoms with E-state index in [2.05, 4.69) is 62.6 Å². The van der Waals surface area contributed by atoms with Crippen LogP contribution in [-0.4, -0.2) is 119 Å². The van der Waals surface area contributed by atoms with Gasteiger partial charge in [-0.25, -0.2) is 0 Å². The number of benzene rings is 4. The third-order valence-electron chi connectivity index (χ3n) is 14.2. The van der Waals surface area contributed by atoms with E-state index in [0.717, 1.165) is 123 Å². The van der Waals surface area contributed by atoms with Crippen molar-refractivity contribution in [3.63, 3.8) is 0 Å². The molecule has 12 nitrogen and oxygen atoms in total. The van der Waals surface area contributed by atoms with E-state index in [1.807, 2.05) is 12.1 Å². The molecule has 4 aromatic rings. The quantitative estimate of drug-likeness (QED) is 0.0385. The highest BCUT2D eigenvalue weighted by Crippen LogP contribution is 2.45. The molecule has 0 N–H and O–H groups in total. The molecule has 0 saturated heterocycles. The minimum absolute atomic E-state index is 0.0795. The van der Waals surface area contributed by atoms with Crippen LogP contribution in [0.3, 0.4) is 0 Å². The number of methoxy groups -OCH3 is 8. The van der Waals surface area contributed by atoms with Crippen molar-refractivity contribution < 1.29 is 56.4 Å². The fourth-order valence-corrected chi connectivity index (χ4v) is 10.2. The fourth-order valence-electron chi connectivity index (χ4n) is 10.2. The number of hydrogen-bond donors (Lipinski definition) is 0. The number of carbonyl (C=O) groups is 1. The van der Waals surface area contributed by atoms with Gasteiger partial charge in [0.2, 0.25) is 0 Å². The molecular weight excluding hydrogens is 825 g/mol. The number of esters is 1. The van der Waals surface area contributed by atoms with Crippen LogP contribution in [0, 0.1) is 0 Å². The van der Waals surface area contributed by atoms with Crippen molar-refractivity contribution in [1.82, 2.24) is 0 Å². The Hall–Kier alpha value is -5.33. The van der Waals surface area contributed by atoms with Crippen LogP contribution in [0.25, 0.3) is 0 Å². The summed E-state index contributed by atoms with van der Waals surface area (Å²) in [6.45, 7) is 4.16. The maximum Gasteiger partial charge on any atom is 0.311 e. The van der Waals surface area contributed by atoms with Gasteiger partial charge in [-0.15, -0.1) is 0 Å². The summed E-state index contributed by atoms with van der Waals surface area (Å²) in [5.74, 6) is 5.74. The zero-order valence-electron chi connectivity index (χ0n) is 40.7. The van der Waals surface area contributed by atoms with Crippen molar-refractivity contribution in [2.24, 2.45) is 0 Å². The van der Waals surface area contributed by atoms with Crippen LogP contribution in [0.5, 0.6) is 46.0 Å². The zero-order valence-corrected chi connectivity index (χ0v) is 40.7. The molecule has 4 aromatic carbocycles. The molecule has 354 valence electrons. The summed E-state index contributed by atoms with van der Waals surface area (Å²) >= 11 is 0. The number of likely N-dealkylation sites (N-methyl/N-ethyl adjacent to an activating group) is 2. The molecular formula is C53H74N2O10+2. The zero-order chi connectivity index (χ0) is 46.6. The molecule has 0 radical (unpaired) electrons. The maximum atomic E-state index is 13.3. The summed E-state index contributed by atoms with van der Waals surface area (Å²) in [5, 5.41) is 0. The van der Waals surface area contributed by atoms with E-state index < -0.39 is 0 Å². The number of quaternary nitrogens is 2. The van der Waals surface area contributed by atoms with Gasteiger partial charge >= 0.3 is 5.97 Å². The van der Waals surface area contributed by atoms with Gasteiger partial charge in [0.1, 0.15) is 12.1 Å². The molecule has 2 aliphatic rings. The molecule has 0 fully saturated rings. The SMILES string of the molecule is COc1ccc(C[C@@H]2c3cc(OC)c(OC)cc3CC[N+]2(C)CCCCCCCCOC(=O)CC[N+]2(C)CCc3cc(OC)c(OC)cc3[C@H]2Cc2ccc(OC)c(OC)c2)cc1OC. The molecule has 0 bridgehead atoms. The summed E-state index contributed by atoms with van der Waals surface area (Å²) in [6.07, 6.45) is 10.4. The average molecular weight is 899 g/mol. The number of hydrogen-bond acceptors (Lipinski definition) is 10. The fraction of sp³-hybridized carbons (Fsp3) is 0.528. The van der Waals surface area contributed by atoms with Crippen LogP contribution < -0.4 is 37.9 Å². The Morgan fingerprint density at radius 1 is 0.477 bits per heavy atom. The Labute approximate surface area is 387 Å². The van der Waals surface area contributed by atoms with E-state index in [-0.39, 0.29) is 18.1 Å². The van der Waals surface area contributed by atoms with Crippen molar-refractivity contribution in [1.29, 1.82) is 0 Å². The van der Waals surface area contributed by atoms with E-state index in [1.165, 1.54) is 27.8 Å². The molecule has 4 atom stereocenters. The average Bonchev–Trinajstić information content (AvgIpc) is 3.33. The molecule has 0 aromatic heterocycles. The number of rotatable bonds is 24. The molecule has 6 rings (SSSR count). The van der Waals surface area contributed by atoms with Gasteiger partial charge in [0.25, 0.3) is 0 Å². The van der Waals surface area contributed by atoms with Crippen LogP contribution in [0.15, 0.2) is 60.7 Å². The van der Waals surface area contributed by atoms with Crippen LogP contribution in [0.2, 0.25) is 0 Å². The van der Waals surface area contributed by atoms with Crippen molar-refractivity contribution in [3.05, 3.63) is 94.0 Å². The van der Waals surface area contributed by atoms with Gasteiger partial charge in [-0.2, -0.15) is 0 Å². The molecule has 0 amide bonds. The monoisotopic (exact) mass is 899 g/mol. The lowest BCUT2D eigenvalue weighted by atomic mass is 9.86. The van der Waals surface area contributed by atoms with Gasteiger partial charge in [-0.3, -0.25) is 4.79 Å². The van der Waals surface area contributed by atoms with Gasteiger partial charge in [-0.05, 0) is 90.0 Å². The van der Waals surface area contributed by atoms with Crippen LogP contribution in [-0.2, 0) is 35.2 Å². The standard InChI is InChI=1S/C53H74N2O10/c1-54(25-21-39-33-49(61-7)51(63-9)35-41(39)43(54)29-37-17-19-45(57-3)47(31-37)59-5)24-15-13-11-12-14-16-28-65-53(56)23-27-55(2)26-22-40-34-50(62-8)52(64-10)36-42(40)44(55)30-38-18-20-46(58-4)48(32-38)60-6/h17-20,31-36,43-44H,11-16,21-30H2,1-10H3/q+2/t43-,44-,54?,55?/m1/s1. The van der Waals surface area contributed by atoms with Crippen molar-refractivity contribution in [2.45, 2.75) is 82.7 Å². The van der Waals surface area contributed by atoms with E-state index in [1.54, 1.807) is 56.9 Å². The molecule has 0 saturated carbocycles. The Bertz CT molecular complexity index is 2210. The first-order valence-corrected chi connectivity index (χ1v) is 23.2. The number of nitrogens with zero attached hydrogens (tertiary/aromatic N) is 2. The minimum Gasteiger partial charge on any atom is -0.493 e. The molecule has 2 aliphatic heterocycles. The third kappa shape index (κ3) is 11.6. The number of fused-ring (bicyclic) bond motifs is 2. The summed E-state index contributed by atoms with van der Waals surface area (Å²) in [4.78, 5) is 13.3. The summed E-state index contributed by atoms with van der Waals surface area (Å²) < 4.78 is 52.8. The van der Waals surface area contributed by atoms with Crippen molar-refractivity contribution >= 4 is 5.97 Å². The van der Waals surface area contributed by atoms with Crippen LogP contribution in [0.4, 0.5) is 0 Å². The molecule has 65 heavy (non-hydrogen) atoms. The largest absolute Gasteiger partial charge is 0.493 e. The van der Waals surface area contributed by atoms with E-state index in [9.17, 15) is 4.79 Å². The van der Waals surface area contributed by atoms with Crippen LogP contribution >= 0.6 is 0 Å². The number of carbonyl (C=O) groups excluding carboxylic acids is 1. The normalized spacial score (nSPS) is 19.9. The summed E-state index contributed by atoms with van der Waals surface area (Å²) in [7, 11) is 18.1. The van der Waals surface area contributed by atoms with Gasteiger partial charge in [0, 0.05) is 36.8 Å². The van der Waals surface area contributed by atoms with Crippen LogP contribution in [0.1, 0.15) is 90.4 Å². The molecule has 0 aliphatic carbocycles. The lowest BCUT2D eigenvalue weighted by molar-refractivity contribution is -0.941. The predicted octanol–water partition coefficient (Wildman–Crippen LogP) is 9.30. The van der Waals surface area contributed by atoms with E-state index in [0.29, 0.717) is 41.3 Å². The summed E-state index contributed by atoms with van der Waals surface area (Å²) in [6, 6.07) is 21.3. The van der Waals surface area contributed by atoms with Crippen molar-refractivity contribution in [2.75, 3.05) is 104 Å². The second kappa shape index (κ2) is 22.7. The molecule has 2 unspecified atom stereocenters. The molecule has 12 heteroatoms. The number of ether oxygens (including phenoxy) is 9. The third-order valence-corrected chi connectivity index (χ3v) is 14.2. The molecule has 0 spiro atoms.